The van der Waals surface area contributed by atoms with Crippen molar-refractivity contribution in [1.29, 1.82) is 0 Å². The molecule has 4 rings (SSSR count). The summed E-state index contributed by atoms with van der Waals surface area (Å²) in [7, 11) is 0. The quantitative estimate of drug-likeness (QED) is 0.676. The van der Waals surface area contributed by atoms with E-state index in [1.807, 2.05) is 30.3 Å². The number of anilines is 2. The van der Waals surface area contributed by atoms with Crippen molar-refractivity contribution < 1.29 is 9.18 Å². The summed E-state index contributed by atoms with van der Waals surface area (Å²) in [6.07, 6.45) is 5.00. The highest BCUT2D eigenvalue weighted by Gasteiger charge is 2.18. The number of nitrogens with one attached hydrogen (secondary N) is 1. The summed E-state index contributed by atoms with van der Waals surface area (Å²) >= 11 is 1.33. The van der Waals surface area contributed by atoms with Gasteiger partial charge in [-0.25, -0.2) is 9.37 Å². The first kappa shape index (κ1) is 17.7. The summed E-state index contributed by atoms with van der Waals surface area (Å²) < 4.78 is 13.8. The largest absolute Gasteiger partial charge is 0.370 e. The zero-order chi connectivity index (χ0) is 18.6. The number of hydrogen-bond donors (Lipinski definition) is 1. The van der Waals surface area contributed by atoms with E-state index in [1.165, 1.54) is 29.9 Å². The molecule has 0 unspecified atom stereocenters. The minimum atomic E-state index is -0.361. The molecular formula is C21H20FN3OS. The fourth-order valence-electron chi connectivity index (χ4n) is 3.30. The number of piperidine rings is 1. The average molecular weight is 381 g/mol. The summed E-state index contributed by atoms with van der Waals surface area (Å²) in [4.78, 5) is 19.8. The van der Waals surface area contributed by atoms with E-state index in [9.17, 15) is 9.18 Å². The summed E-state index contributed by atoms with van der Waals surface area (Å²) in [6, 6.07) is 14.3. The smallest absolute Gasteiger partial charge is 0.267 e. The number of carbonyl (C=O) groups is 1. The first-order valence-electron chi connectivity index (χ1n) is 9.08. The predicted molar refractivity (Wildman–Crippen MR) is 108 cm³/mol. The van der Waals surface area contributed by atoms with Crippen LogP contribution in [0.5, 0.6) is 0 Å². The van der Waals surface area contributed by atoms with Gasteiger partial charge in [-0.3, -0.25) is 4.79 Å². The van der Waals surface area contributed by atoms with Crippen LogP contribution < -0.4 is 10.2 Å². The van der Waals surface area contributed by atoms with E-state index in [0.29, 0.717) is 10.6 Å². The molecule has 1 aliphatic rings. The van der Waals surface area contributed by atoms with Crippen LogP contribution >= 0.6 is 11.3 Å². The molecule has 0 bridgehead atoms. The van der Waals surface area contributed by atoms with E-state index < -0.39 is 0 Å². The van der Waals surface area contributed by atoms with Gasteiger partial charge >= 0.3 is 0 Å². The first-order valence-corrected chi connectivity index (χ1v) is 9.89. The Kier molecular flexibility index (Phi) is 5.16. The molecule has 2 heterocycles. The van der Waals surface area contributed by atoms with Gasteiger partial charge in [0.05, 0.1) is 17.6 Å². The fourth-order valence-corrected chi connectivity index (χ4v) is 4.11. The van der Waals surface area contributed by atoms with Crippen molar-refractivity contribution >= 4 is 28.6 Å². The topological polar surface area (TPSA) is 45.2 Å². The molecule has 1 saturated heterocycles. The number of benzene rings is 2. The Bertz CT molecular complexity index is 936. The van der Waals surface area contributed by atoms with Gasteiger partial charge in [-0.2, -0.15) is 0 Å². The standard InChI is InChI=1S/C21H20FN3OS/c22-16-9-10-18(25-11-5-2-6-12-25)17(13-16)24-20(26)19-14-23-21(27-19)15-7-3-1-4-8-15/h1,3-4,7-10,13-14H,2,5-6,11-12H2,(H,24,26). The van der Waals surface area contributed by atoms with Crippen molar-refractivity contribution in [2.45, 2.75) is 19.3 Å². The highest BCUT2D eigenvalue weighted by molar-refractivity contribution is 7.17. The van der Waals surface area contributed by atoms with E-state index in [-0.39, 0.29) is 11.7 Å². The van der Waals surface area contributed by atoms with Crippen molar-refractivity contribution in [3.63, 3.8) is 0 Å². The van der Waals surface area contributed by atoms with Crippen LogP contribution in [-0.2, 0) is 0 Å². The number of aromatic nitrogens is 1. The normalized spacial score (nSPS) is 14.2. The second kappa shape index (κ2) is 7.88. The van der Waals surface area contributed by atoms with Gasteiger partial charge in [0.1, 0.15) is 15.7 Å². The van der Waals surface area contributed by atoms with Gasteiger partial charge in [0, 0.05) is 18.7 Å². The van der Waals surface area contributed by atoms with E-state index >= 15 is 0 Å². The van der Waals surface area contributed by atoms with Gasteiger partial charge in [0.15, 0.2) is 0 Å². The Balaban J connectivity index is 1.56. The molecule has 3 aromatic rings. The van der Waals surface area contributed by atoms with Crippen LogP contribution in [0.3, 0.4) is 0 Å². The van der Waals surface area contributed by atoms with Gasteiger partial charge in [0.2, 0.25) is 0 Å². The van der Waals surface area contributed by atoms with Gasteiger partial charge in [-0.15, -0.1) is 11.3 Å². The molecule has 1 fully saturated rings. The first-order chi connectivity index (χ1) is 13.2. The zero-order valence-electron chi connectivity index (χ0n) is 14.8. The fraction of sp³-hybridized carbons (Fsp3) is 0.238. The third kappa shape index (κ3) is 4.01. The van der Waals surface area contributed by atoms with Gasteiger partial charge < -0.3 is 10.2 Å². The molecule has 2 aromatic carbocycles. The molecule has 0 spiro atoms. The maximum Gasteiger partial charge on any atom is 0.267 e. The maximum atomic E-state index is 13.8. The van der Waals surface area contributed by atoms with E-state index in [4.69, 9.17) is 0 Å². The van der Waals surface area contributed by atoms with Crippen LogP contribution in [0.15, 0.2) is 54.7 Å². The highest BCUT2D eigenvalue weighted by Crippen LogP contribution is 2.31. The molecule has 27 heavy (non-hydrogen) atoms. The molecule has 0 saturated carbocycles. The Morgan fingerprint density at radius 2 is 1.85 bits per heavy atom. The minimum Gasteiger partial charge on any atom is -0.370 e. The van der Waals surface area contributed by atoms with Crippen molar-refractivity contribution in [1.82, 2.24) is 4.98 Å². The van der Waals surface area contributed by atoms with Gasteiger partial charge in [-0.1, -0.05) is 30.3 Å². The van der Waals surface area contributed by atoms with Crippen LogP contribution in [0, 0.1) is 5.82 Å². The molecule has 1 aromatic heterocycles. The number of nitrogens with zero attached hydrogens (tertiary/aromatic N) is 2. The summed E-state index contributed by atoms with van der Waals surface area (Å²) in [5.74, 6) is -0.626. The monoisotopic (exact) mass is 381 g/mol. The summed E-state index contributed by atoms with van der Waals surface area (Å²) in [6.45, 7) is 1.85. The lowest BCUT2D eigenvalue weighted by atomic mass is 10.1. The van der Waals surface area contributed by atoms with Crippen molar-refractivity contribution in [2.75, 3.05) is 23.3 Å². The second-order valence-electron chi connectivity index (χ2n) is 6.56. The number of rotatable bonds is 4. The number of carbonyl (C=O) groups excluding carboxylic acids is 1. The number of halogens is 1. The Labute approximate surface area is 161 Å². The van der Waals surface area contributed by atoms with Crippen LogP contribution in [0.1, 0.15) is 28.9 Å². The minimum absolute atomic E-state index is 0.265. The third-order valence-electron chi connectivity index (χ3n) is 4.65. The number of hydrogen-bond acceptors (Lipinski definition) is 4. The SMILES string of the molecule is O=C(Nc1cc(F)ccc1N1CCCCC1)c1cnc(-c2ccccc2)s1. The predicted octanol–water partition coefficient (Wildman–Crippen LogP) is 5.19. The van der Waals surface area contributed by atoms with Gasteiger partial charge in [0.25, 0.3) is 5.91 Å². The number of thiazole rings is 1. The maximum absolute atomic E-state index is 13.8. The van der Waals surface area contributed by atoms with E-state index in [0.717, 1.165) is 42.2 Å². The van der Waals surface area contributed by atoms with Crippen LogP contribution in [0.2, 0.25) is 0 Å². The zero-order valence-corrected chi connectivity index (χ0v) is 15.6. The summed E-state index contributed by atoms with van der Waals surface area (Å²) in [5, 5.41) is 3.67. The molecule has 1 N–H and O–H groups in total. The molecule has 6 heteroatoms. The molecule has 4 nitrogen and oxygen atoms in total. The Morgan fingerprint density at radius 3 is 2.63 bits per heavy atom. The van der Waals surface area contributed by atoms with Crippen molar-refractivity contribution in [3.8, 4) is 10.6 Å². The lowest BCUT2D eigenvalue weighted by molar-refractivity contribution is 0.103. The molecule has 0 atom stereocenters. The third-order valence-corrected chi connectivity index (χ3v) is 5.70. The highest BCUT2D eigenvalue weighted by atomic mass is 32.1. The lowest BCUT2D eigenvalue weighted by Crippen LogP contribution is -2.30. The van der Waals surface area contributed by atoms with Crippen LogP contribution in [0.25, 0.3) is 10.6 Å². The molecule has 1 amide bonds. The van der Waals surface area contributed by atoms with Crippen LogP contribution in [-0.4, -0.2) is 24.0 Å². The van der Waals surface area contributed by atoms with Crippen LogP contribution in [0.4, 0.5) is 15.8 Å². The van der Waals surface area contributed by atoms with Crippen molar-refractivity contribution in [2.24, 2.45) is 0 Å². The average Bonchev–Trinajstić information content (AvgIpc) is 3.20. The van der Waals surface area contributed by atoms with Gasteiger partial charge in [-0.05, 0) is 37.5 Å². The number of amides is 1. The molecular weight excluding hydrogens is 361 g/mol. The lowest BCUT2D eigenvalue weighted by Gasteiger charge is -2.30. The molecule has 0 radical (unpaired) electrons. The molecule has 138 valence electrons. The summed E-state index contributed by atoms with van der Waals surface area (Å²) in [5.41, 5.74) is 2.36. The second-order valence-corrected chi connectivity index (χ2v) is 7.59. The Morgan fingerprint density at radius 1 is 1.07 bits per heavy atom. The van der Waals surface area contributed by atoms with E-state index in [1.54, 1.807) is 12.3 Å². The molecule has 0 aliphatic carbocycles. The molecule has 1 aliphatic heterocycles. The Hall–Kier alpha value is -2.73. The van der Waals surface area contributed by atoms with Crippen molar-refractivity contribution in [3.05, 3.63) is 65.4 Å². The van der Waals surface area contributed by atoms with E-state index in [2.05, 4.69) is 15.2 Å².